The molecule has 0 saturated heterocycles. The summed E-state index contributed by atoms with van der Waals surface area (Å²) in [4.78, 5) is 37.1. The molecule has 6 heteroatoms. The van der Waals surface area contributed by atoms with E-state index in [1.807, 2.05) is 24.3 Å². The molecule has 0 radical (unpaired) electrons. The average molecular weight is 417 g/mol. The molecular formula is C25H23NO5. The van der Waals surface area contributed by atoms with Gasteiger partial charge >= 0.3 is 5.97 Å². The van der Waals surface area contributed by atoms with E-state index in [9.17, 15) is 14.4 Å². The van der Waals surface area contributed by atoms with Crippen LogP contribution in [0.4, 0.5) is 0 Å². The van der Waals surface area contributed by atoms with Crippen LogP contribution in [0.25, 0.3) is 0 Å². The van der Waals surface area contributed by atoms with Crippen LogP contribution in [-0.4, -0.2) is 30.9 Å². The number of esters is 1. The second kappa shape index (κ2) is 10.2. The van der Waals surface area contributed by atoms with Crippen LogP contribution in [0.2, 0.25) is 0 Å². The number of ether oxygens (including phenoxy) is 2. The maximum absolute atomic E-state index is 12.5. The third kappa shape index (κ3) is 5.57. The predicted octanol–water partition coefficient (Wildman–Crippen LogP) is 3.79. The maximum atomic E-state index is 12.5. The highest BCUT2D eigenvalue weighted by Gasteiger charge is 2.19. The van der Waals surface area contributed by atoms with Crippen LogP contribution < -0.4 is 10.1 Å². The summed E-state index contributed by atoms with van der Waals surface area (Å²) in [6.45, 7) is 1.75. The number of carbonyl (C=O) groups is 3. The van der Waals surface area contributed by atoms with Crippen molar-refractivity contribution in [3.8, 4) is 5.75 Å². The van der Waals surface area contributed by atoms with Crippen molar-refractivity contribution < 1.29 is 23.9 Å². The molecular weight excluding hydrogens is 394 g/mol. The van der Waals surface area contributed by atoms with Crippen LogP contribution in [0, 0.1) is 0 Å². The Labute approximate surface area is 180 Å². The highest BCUT2D eigenvalue weighted by atomic mass is 16.5. The predicted molar refractivity (Wildman–Crippen MR) is 116 cm³/mol. The molecule has 0 aliphatic carbocycles. The largest absolute Gasteiger partial charge is 0.496 e. The number of hydrogen-bond acceptors (Lipinski definition) is 5. The number of amides is 1. The van der Waals surface area contributed by atoms with E-state index < -0.39 is 18.0 Å². The van der Waals surface area contributed by atoms with Crippen LogP contribution in [0.5, 0.6) is 5.75 Å². The van der Waals surface area contributed by atoms with E-state index in [2.05, 4.69) is 5.32 Å². The maximum Gasteiger partial charge on any atom is 0.338 e. The van der Waals surface area contributed by atoms with Gasteiger partial charge in [0, 0.05) is 23.2 Å². The summed E-state index contributed by atoms with van der Waals surface area (Å²) < 4.78 is 10.5. The van der Waals surface area contributed by atoms with Gasteiger partial charge in [-0.2, -0.15) is 0 Å². The van der Waals surface area contributed by atoms with E-state index in [4.69, 9.17) is 9.47 Å². The number of benzene rings is 3. The van der Waals surface area contributed by atoms with Crippen molar-refractivity contribution in [3.05, 3.63) is 101 Å². The van der Waals surface area contributed by atoms with Gasteiger partial charge in [-0.1, -0.05) is 60.7 Å². The van der Waals surface area contributed by atoms with Crippen LogP contribution in [0.1, 0.15) is 38.8 Å². The number of rotatable bonds is 8. The minimum absolute atomic E-state index is 0.135. The molecule has 1 N–H and O–H groups in total. The second-order valence-corrected chi connectivity index (χ2v) is 6.85. The van der Waals surface area contributed by atoms with Gasteiger partial charge in [0.25, 0.3) is 5.91 Å². The first-order valence-electron chi connectivity index (χ1n) is 9.80. The molecule has 0 aliphatic heterocycles. The lowest BCUT2D eigenvalue weighted by Crippen LogP contribution is -2.35. The normalized spacial score (nSPS) is 11.3. The van der Waals surface area contributed by atoms with Crippen LogP contribution >= 0.6 is 0 Å². The Kier molecular flexibility index (Phi) is 7.17. The summed E-state index contributed by atoms with van der Waals surface area (Å²) in [6.07, 6.45) is -0.979. The van der Waals surface area contributed by atoms with Gasteiger partial charge in [0.2, 0.25) is 0 Å². The summed E-state index contributed by atoms with van der Waals surface area (Å²) in [5.41, 5.74) is 2.10. The zero-order valence-corrected chi connectivity index (χ0v) is 17.3. The fourth-order valence-electron chi connectivity index (χ4n) is 2.97. The molecule has 1 amide bonds. The Morgan fingerprint density at radius 1 is 0.806 bits per heavy atom. The molecule has 3 rings (SSSR count). The highest BCUT2D eigenvalue weighted by Crippen LogP contribution is 2.17. The van der Waals surface area contributed by atoms with Gasteiger partial charge in [-0.25, -0.2) is 4.79 Å². The minimum Gasteiger partial charge on any atom is -0.496 e. The summed E-state index contributed by atoms with van der Waals surface area (Å²) in [5.74, 6) is -0.532. The molecule has 3 aromatic rings. The quantitative estimate of drug-likeness (QED) is 0.446. The van der Waals surface area contributed by atoms with Gasteiger partial charge in [0.1, 0.15) is 5.75 Å². The third-order valence-corrected chi connectivity index (χ3v) is 4.72. The van der Waals surface area contributed by atoms with Crippen LogP contribution in [-0.2, 0) is 16.1 Å². The number of ketones is 1. The van der Waals surface area contributed by atoms with Crippen molar-refractivity contribution in [2.75, 3.05) is 7.11 Å². The minimum atomic E-state index is -0.979. The molecule has 0 aromatic heterocycles. The summed E-state index contributed by atoms with van der Waals surface area (Å²) >= 11 is 0. The van der Waals surface area contributed by atoms with E-state index in [0.29, 0.717) is 16.9 Å². The average Bonchev–Trinajstić information content (AvgIpc) is 2.82. The first kappa shape index (κ1) is 21.8. The fourth-order valence-corrected chi connectivity index (χ4v) is 2.97. The molecule has 0 saturated carbocycles. The zero-order chi connectivity index (χ0) is 22.2. The third-order valence-electron chi connectivity index (χ3n) is 4.72. The first-order valence-corrected chi connectivity index (χ1v) is 9.80. The van der Waals surface area contributed by atoms with E-state index in [0.717, 1.165) is 5.56 Å². The fraction of sp³-hybridized carbons (Fsp3) is 0.160. The molecule has 1 atom stereocenters. The van der Waals surface area contributed by atoms with E-state index in [1.54, 1.807) is 49.6 Å². The summed E-state index contributed by atoms with van der Waals surface area (Å²) in [5, 5.41) is 2.73. The Morgan fingerprint density at radius 2 is 1.39 bits per heavy atom. The molecule has 0 aliphatic rings. The Bertz CT molecular complexity index is 1060. The van der Waals surface area contributed by atoms with Crippen molar-refractivity contribution in [2.24, 2.45) is 0 Å². The molecule has 3 aromatic carbocycles. The van der Waals surface area contributed by atoms with Gasteiger partial charge in [-0.05, 0) is 25.1 Å². The zero-order valence-electron chi connectivity index (χ0n) is 17.3. The van der Waals surface area contributed by atoms with Gasteiger partial charge in [0.15, 0.2) is 11.9 Å². The lowest BCUT2D eigenvalue weighted by Gasteiger charge is -2.14. The smallest absolute Gasteiger partial charge is 0.338 e. The summed E-state index contributed by atoms with van der Waals surface area (Å²) in [6, 6.07) is 22.4. The molecule has 0 unspecified atom stereocenters. The summed E-state index contributed by atoms with van der Waals surface area (Å²) in [7, 11) is 1.56. The Balaban J connectivity index is 1.56. The standard InChI is InChI=1S/C25H23NO5/c1-17(24(28)26-16-21-10-6-7-11-22(21)30-2)31-25(29)20-14-12-19(13-15-20)23(27)18-8-4-3-5-9-18/h3-15,17H,16H2,1-2H3,(H,26,28)/t17-/m1/s1. The number of methoxy groups -OCH3 is 1. The lowest BCUT2D eigenvalue weighted by molar-refractivity contribution is -0.129. The molecule has 0 fully saturated rings. The molecule has 0 spiro atoms. The van der Waals surface area contributed by atoms with Crippen molar-refractivity contribution in [2.45, 2.75) is 19.6 Å². The number of carbonyl (C=O) groups excluding carboxylic acids is 3. The van der Waals surface area contributed by atoms with E-state index in [-0.39, 0.29) is 17.9 Å². The first-order chi connectivity index (χ1) is 15.0. The Hall–Kier alpha value is -3.93. The molecule has 0 bridgehead atoms. The monoisotopic (exact) mass is 417 g/mol. The lowest BCUT2D eigenvalue weighted by atomic mass is 10.0. The van der Waals surface area contributed by atoms with Crippen LogP contribution in [0.3, 0.4) is 0 Å². The van der Waals surface area contributed by atoms with Gasteiger partial charge < -0.3 is 14.8 Å². The molecule has 6 nitrogen and oxygen atoms in total. The highest BCUT2D eigenvalue weighted by molar-refractivity contribution is 6.09. The number of para-hydroxylation sites is 1. The van der Waals surface area contributed by atoms with Crippen molar-refractivity contribution in [1.82, 2.24) is 5.32 Å². The number of nitrogens with one attached hydrogen (secondary N) is 1. The van der Waals surface area contributed by atoms with Gasteiger partial charge in [0.05, 0.1) is 12.7 Å². The van der Waals surface area contributed by atoms with Crippen molar-refractivity contribution >= 4 is 17.7 Å². The molecule has 0 heterocycles. The SMILES string of the molecule is COc1ccccc1CNC(=O)[C@@H](C)OC(=O)c1ccc(C(=O)c2ccccc2)cc1. The van der Waals surface area contributed by atoms with Gasteiger partial charge in [-0.3, -0.25) is 9.59 Å². The van der Waals surface area contributed by atoms with Crippen molar-refractivity contribution in [1.29, 1.82) is 0 Å². The molecule has 158 valence electrons. The van der Waals surface area contributed by atoms with E-state index in [1.165, 1.54) is 19.1 Å². The van der Waals surface area contributed by atoms with E-state index >= 15 is 0 Å². The van der Waals surface area contributed by atoms with Crippen LogP contribution in [0.15, 0.2) is 78.9 Å². The number of hydrogen-bond donors (Lipinski definition) is 1. The molecule has 31 heavy (non-hydrogen) atoms. The topological polar surface area (TPSA) is 81.7 Å². The van der Waals surface area contributed by atoms with Gasteiger partial charge in [-0.15, -0.1) is 0 Å². The Morgan fingerprint density at radius 3 is 2.06 bits per heavy atom. The van der Waals surface area contributed by atoms with Crippen molar-refractivity contribution in [3.63, 3.8) is 0 Å². The second-order valence-electron chi connectivity index (χ2n) is 6.85.